The summed E-state index contributed by atoms with van der Waals surface area (Å²) in [7, 11) is 4.15. The van der Waals surface area contributed by atoms with Gasteiger partial charge in [0.25, 0.3) is 0 Å². The minimum Gasteiger partial charge on any atom is -0.495 e. The first-order valence-corrected chi connectivity index (χ1v) is 14.4. The summed E-state index contributed by atoms with van der Waals surface area (Å²) in [5.74, 6) is 1.27. The molecule has 0 aliphatic heterocycles. The Bertz CT molecular complexity index is 1280. The van der Waals surface area contributed by atoms with E-state index >= 15 is 0 Å². The standard InChI is InChI=1S/C30H30Cl2O2P2/c1-17-11-18(2)14-21(13-17)35-25-9-7-23(31)29(33-5)27(25)28-26(10-8-24(32)30(28)34-6)36-22-15-19(3)12-20(4)16-22/h7-16,35-36H,1-6H3. The van der Waals surface area contributed by atoms with Gasteiger partial charge in [0, 0.05) is 11.1 Å². The summed E-state index contributed by atoms with van der Waals surface area (Å²) >= 11 is 13.4. The molecule has 4 aromatic rings. The lowest BCUT2D eigenvalue weighted by atomic mass is 10.0. The third-order valence-corrected chi connectivity index (χ3v) is 9.00. The predicted molar refractivity (Wildman–Crippen MR) is 162 cm³/mol. The van der Waals surface area contributed by atoms with Crippen LogP contribution < -0.4 is 30.7 Å². The Balaban J connectivity index is 1.97. The van der Waals surface area contributed by atoms with Crippen molar-refractivity contribution in [2.45, 2.75) is 27.7 Å². The predicted octanol–water partition coefficient (Wildman–Crippen LogP) is 7.17. The fraction of sp³-hybridized carbons (Fsp3) is 0.200. The molecule has 4 rings (SSSR count). The van der Waals surface area contributed by atoms with Gasteiger partial charge in [0.05, 0.1) is 24.3 Å². The first-order valence-electron chi connectivity index (χ1n) is 11.6. The van der Waals surface area contributed by atoms with Crippen molar-refractivity contribution in [2.75, 3.05) is 14.2 Å². The highest BCUT2D eigenvalue weighted by molar-refractivity contribution is 7.56. The van der Waals surface area contributed by atoms with Crippen molar-refractivity contribution in [1.29, 1.82) is 0 Å². The van der Waals surface area contributed by atoms with E-state index in [0.29, 0.717) is 38.7 Å². The van der Waals surface area contributed by atoms with E-state index in [1.165, 1.54) is 32.9 Å². The average Bonchev–Trinajstić information content (AvgIpc) is 2.79. The second-order valence-corrected chi connectivity index (χ2v) is 12.6. The summed E-state index contributed by atoms with van der Waals surface area (Å²) in [6, 6.07) is 21.4. The normalized spacial score (nSPS) is 11.7. The minimum atomic E-state index is 0.410. The highest BCUT2D eigenvalue weighted by Crippen LogP contribution is 2.44. The molecule has 0 heterocycles. The summed E-state index contributed by atoms with van der Waals surface area (Å²) in [5, 5.41) is 5.91. The van der Waals surface area contributed by atoms with Crippen LogP contribution in [0, 0.1) is 27.7 Å². The lowest BCUT2D eigenvalue weighted by molar-refractivity contribution is 0.411. The van der Waals surface area contributed by atoms with Crippen LogP contribution in [0.5, 0.6) is 11.5 Å². The van der Waals surface area contributed by atoms with Gasteiger partial charge in [-0.2, -0.15) is 0 Å². The molecule has 0 amide bonds. The van der Waals surface area contributed by atoms with Crippen LogP contribution in [0.2, 0.25) is 10.0 Å². The minimum absolute atomic E-state index is 0.410. The Morgan fingerprint density at radius 3 is 1.17 bits per heavy atom. The number of hydrogen-bond donors (Lipinski definition) is 0. The summed E-state index contributed by atoms with van der Waals surface area (Å²) < 4.78 is 11.8. The van der Waals surface area contributed by atoms with Gasteiger partial charge in [-0.15, -0.1) is 0 Å². The average molecular weight is 555 g/mol. The molecule has 0 N–H and O–H groups in total. The second kappa shape index (κ2) is 11.5. The van der Waals surface area contributed by atoms with Crippen molar-refractivity contribution in [3.05, 3.63) is 93.0 Å². The van der Waals surface area contributed by atoms with Gasteiger partial charge < -0.3 is 9.47 Å². The van der Waals surface area contributed by atoms with Gasteiger partial charge in [0.2, 0.25) is 0 Å². The van der Waals surface area contributed by atoms with E-state index in [2.05, 4.69) is 76.2 Å². The highest BCUT2D eigenvalue weighted by atomic mass is 35.5. The van der Waals surface area contributed by atoms with Gasteiger partial charge in [0.1, 0.15) is 11.5 Å². The van der Waals surface area contributed by atoms with Gasteiger partial charge >= 0.3 is 0 Å². The molecule has 0 aliphatic rings. The quantitative estimate of drug-likeness (QED) is 0.225. The molecule has 0 bridgehead atoms. The lowest BCUT2D eigenvalue weighted by Gasteiger charge is -2.22. The van der Waals surface area contributed by atoms with E-state index in [4.69, 9.17) is 32.7 Å². The molecule has 36 heavy (non-hydrogen) atoms. The molecule has 0 saturated carbocycles. The molecular weight excluding hydrogens is 525 g/mol. The molecule has 0 fully saturated rings. The Labute approximate surface area is 227 Å². The van der Waals surface area contributed by atoms with Crippen LogP contribution in [0.4, 0.5) is 0 Å². The maximum absolute atomic E-state index is 6.70. The van der Waals surface area contributed by atoms with Gasteiger partial charge in [-0.05, 0) is 61.0 Å². The number of benzene rings is 4. The third kappa shape index (κ3) is 5.90. The fourth-order valence-corrected chi connectivity index (χ4v) is 7.97. The SMILES string of the molecule is COc1c(Cl)ccc(Pc2cc(C)cc(C)c2)c1-c1c(Pc2cc(C)cc(C)c2)ccc(Cl)c1OC. The number of halogens is 2. The van der Waals surface area contributed by atoms with Crippen LogP contribution in [0.3, 0.4) is 0 Å². The first kappa shape index (κ1) is 27.0. The van der Waals surface area contributed by atoms with Crippen molar-refractivity contribution in [2.24, 2.45) is 0 Å². The molecule has 186 valence electrons. The van der Waals surface area contributed by atoms with E-state index in [0.717, 1.165) is 21.7 Å². The maximum Gasteiger partial charge on any atom is 0.146 e. The van der Waals surface area contributed by atoms with Gasteiger partial charge in [0.15, 0.2) is 0 Å². The monoisotopic (exact) mass is 554 g/mol. The molecule has 0 radical (unpaired) electrons. The lowest BCUT2D eigenvalue weighted by Crippen LogP contribution is -2.15. The molecule has 0 aliphatic carbocycles. The number of methoxy groups -OCH3 is 2. The first-order chi connectivity index (χ1) is 17.2. The maximum atomic E-state index is 6.70. The van der Waals surface area contributed by atoms with Gasteiger partial charge in [-0.1, -0.05) is 111 Å². The van der Waals surface area contributed by atoms with Crippen molar-refractivity contribution in [1.82, 2.24) is 0 Å². The number of aryl methyl sites for hydroxylation is 4. The Morgan fingerprint density at radius 2 is 0.861 bits per heavy atom. The van der Waals surface area contributed by atoms with Crippen LogP contribution in [-0.2, 0) is 0 Å². The van der Waals surface area contributed by atoms with Crippen molar-refractivity contribution < 1.29 is 9.47 Å². The zero-order chi connectivity index (χ0) is 26.0. The summed E-state index contributed by atoms with van der Waals surface area (Å²) in [6.45, 7) is 8.53. The molecule has 4 aromatic carbocycles. The number of ether oxygens (including phenoxy) is 2. The zero-order valence-electron chi connectivity index (χ0n) is 21.3. The van der Waals surface area contributed by atoms with Gasteiger partial charge in [-0.25, -0.2) is 0 Å². The van der Waals surface area contributed by atoms with Crippen molar-refractivity contribution >= 4 is 61.6 Å². The number of rotatable bonds is 7. The van der Waals surface area contributed by atoms with Crippen LogP contribution in [0.1, 0.15) is 22.3 Å². The largest absolute Gasteiger partial charge is 0.495 e. The molecule has 0 aromatic heterocycles. The fourth-order valence-electron chi connectivity index (χ4n) is 4.62. The smallest absolute Gasteiger partial charge is 0.146 e. The van der Waals surface area contributed by atoms with Crippen molar-refractivity contribution in [3.63, 3.8) is 0 Å². The summed E-state index contributed by atoms with van der Waals surface area (Å²) in [4.78, 5) is 0. The van der Waals surface area contributed by atoms with E-state index in [9.17, 15) is 0 Å². The molecule has 6 heteroatoms. The van der Waals surface area contributed by atoms with Crippen LogP contribution in [0.25, 0.3) is 11.1 Å². The third-order valence-electron chi connectivity index (χ3n) is 5.88. The molecule has 0 spiro atoms. The van der Waals surface area contributed by atoms with Crippen LogP contribution in [0.15, 0.2) is 60.7 Å². The molecular formula is C30H30Cl2O2P2. The van der Waals surface area contributed by atoms with E-state index in [-0.39, 0.29) is 0 Å². The van der Waals surface area contributed by atoms with E-state index in [1.807, 2.05) is 12.1 Å². The topological polar surface area (TPSA) is 18.5 Å². The Kier molecular flexibility index (Phi) is 8.64. The van der Waals surface area contributed by atoms with Crippen LogP contribution in [-0.4, -0.2) is 14.2 Å². The Hall–Kier alpha value is -2.08. The molecule has 2 atom stereocenters. The van der Waals surface area contributed by atoms with Crippen LogP contribution >= 0.6 is 40.4 Å². The molecule has 2 nitrogen and oxygen atoms in total. The van der Waals surface area contributed by atoms with Gasteiger partial charge in [-0.3, -0.25) is 0 Å². The molecule has 0 saturated heterocycles. The van der Waals surface area contributed by atoms with E-state index < -0.39 is 0 Å². The van der Waals surface area contributed by atoms with Crippen molar-refractivity contribution in [3.8, 4) is 22.6 Å². The second-order valence-electron chi connectivity index (χ2n) is 9.01. The summed E-state index contributed by atoms with van der Waals surface area (Å²) in [6.07, 6.45) is 0. The van der Waals surface area contributed by atoms with E-state index in [1.54, 1.807) is 14.2 Å². The highest BCUT2D eigenvalue weighted by Gasteiger charge is 2.24. The zero-order valence-corrected chi connectivity index (χ0v) is 24.9. The number of hydrogen-bond acceptors (Lipinski definition) is 2. The Morgan fingerprint density at radius 1 is 0.528 bits per heavy atom. The summed E-state index contributed by atoms with van der Waals surface area (Å²) in [5.41, 5.74) is 6.87. The molecule has 2 unspecified atom stereocenters.